The molecule has 0 bridgehead atoms. The van der Waals surface area contributed by atoms with Crippen molar-refractivity contribution in [2.75, 3.05) is 0 Å². The molecule has 2 nitrogen and oxygen atoms in total. The van der Waals surface area contributed by atoms with Crippen LogP contribution in [-0.2, 0) is 0 Å². The lowest BCUT2D eigenvalue weighted by molar-refractivity contribution is 0.0999. The highest BCUT2D eigenvalue weighted by atomic mass is 127. The maximum absolute atomic E-state index is 12.8. The van der Waals surface area contributed by atoms with Gasteiger partial charge in [-0.05, 0) is 34.7 Å². The van der Waals surface area contributed by atoms with E-state index in [9.17, 15) is 13.6 Å². The maximum Gasteiger partial charge on any atom is 0.249 e. The summed E-state index contributed by atoms with van der Waals surface area (Å²) in [6.45, 7) is 0. The van der Waals surface area contributed by atoms with E-state index < -0.39 is 17.5 Å². The first kappa shape index (κ1) is 9.37. The minimum atomic E-state index is -1.04. The molecule has 1 amide bonds. The Morgan fingerprint density at radius 3 is 2.50 bits per heavy atom. The van der Waals surface area contributed by atoms with Crippen molar-refractivity contribution >= 4 is 28.5 Å². The third-order valence-corrected chi connectivity index (χ3v) is 2.36. The summed E-state index contributed by atoms with van der Waals surface area (Å²) in [6, 6.07) is 2.03. The summed E-state index contributed by atoms with van der Waals surface area (Å²) >= 11 is 1.53. The Hall–Kier alpha value is -0.720. The van der Waals surface area contributed by atoms with Gasteiger partial charge in [-0.15, -0.1) is 0 Å². The van der Waals surface area contributed by atoms with Crippen LogP contribution in [0.1, 0.15) is 10.4 Å². The van der Waals surface area contributed by atoms with Gasteiger partial charge in [0.2, 0.25) is 5.91 Å². The molecule has 1 rings (SSSR count). The first-order chi connectivity index (χ1) is 5.54. The van der Waals surface area contributed by atoms with Crippen molar-refractivity contribution in [2.45, 2.75) is 0 Å². The molecule has 0 unspecified atom stereocenters. The van der Waals surface area contributed by atoms with Crippen molar-refractivity contribution in [1.82, 2.24) is 0 Å². The molecule has 0 saturated heterocycles. The fourth-order valence-electron chi connectivity index (χ4n) is 0.716. The molecule has 0 radical (unpaired) electrons. The van der Waals surface area contributed by atoms with Crippen LogP contribution in [0.25, 0.3) is 0 Å². The predicted octanol–water partition coefficient (Wildman–Crippen LogP) is 1.67. The second-order valence-corrected chi connectivity index (χ2v) is 3.17. The molecule has 0 atom stereocenters. The second-order valence-electron chi connectivity index (χ2n) is 2.09. The van der Waals surface area contributed by atoms with Crippen LogP contribution in [0.4, 0.5) is 8.78 Å². The SMILES string of the molecule is NC(=O)c1ccc(F)c(F)c1I. The van der Waals surface area contributed by atoms with E-state index in [1.807, 2.05) is 0 Å². The van der Waals surface area contributed by atoms with Gasteiger partial charge in [-0.3, -0.25) is 4.79 Å². The molecule has 0 saturated carbocycles. The standard InChI is InChI=1S/C7H4F2INO/c8-4-2-1-3(7(11)12)6(10)5(4)9/h1-2H,(H2,11,12). The summed E-state index contributed by atoms with van der Waals surface area (Å²) in [6.07, 6.45) is 0. The second kappa shape index (κ2) is 3.34. The number of hydrogen-bond acceptors (Lipinski definition) is 1. The highest BCUT2D eigenvalue weighted by Crippen LogP contribution is 2.18. The van der Waals surface area contributed by atoms with Crippen LogP contribution in [0.15, 0.2) is 12.1 Å². The lowest BCUT2D eigenvalue weighted by atomic mass is 10.2. The van der Waals surface area contributed by atoms with Gasteiger partial charge in [0, 0.05) is 0 Å². The first-order valence-electron chi connectivity index (χ1n) is 2.97. The van der Waals surface area contributed by atoms with Crippen LogP contribution in [0, 0.1) is 15.2 Å². The highest BCUT2D eigenvalue weighted by molar-refractivity contribution is 14.1. The molecule has 0 aromatic heterocycles. The molecule has 0 aliphatic carbocycles. The minimum absolute atomic E-state index is 0.00509. The quantitative estimate of drug-likeness (QED) is 0.618. The summed E-state index contributed by atoms with van der Waals surface area (Å²) in [4.78, 5) is 10.6. The number of halogens is 3. The number of hydrogen-bond donors (Lipinski definition) is 1. The van der Waals surface area contributed by atoms with Crippen LogP contribution < -0.4 is 5.73 Å². The molecule has 0 fully saturated rings. The molecule has 2 N–H and O–H groups in total. The summed E-state index contributed by atoms with van der Waals surface area (Å²) < 4.78 is 25.2. The van der Waals surface area contributed by atoms with E-state index in [1.165, 1.54) is 22.6 Å². The largest absolute Gasteiger partial charge is 0.366 e. The van der Waals surface area contributed by atoms with E-state index in [4.69, 9.17) is 5.73 Å². The van der Waals surface area contributed by atoms with Crippen LogP contribution in [0.2, 0.25) is 0 Å². The number of rotatable bonds is 1. The fraction of sp³-hybridized carbons (Fsp3) is 0. The molecule has 1 aromatic carbocycles. The van der Waals surface area contributed by atoms with Crippen molar-refractivity contribution in [3.05, 3.63) is 32.9 Å². The van der Waals surface area contributed by atoms with Crippen LogP contribution in [0.3, 0.4) is 0 Å². The van der Waals surface area contributed by atoms with Gasteiger partial charge in [-0.1, -0.05) is 0 Å². The molecule has 64 valence electrons. The Labute approximate surface area is 80.9 Å². The van der Waals surface area contributed by atoms with Crippen molar-refractivity contribution in [1.29, 1.82) is 0 Å². The molecular weight excluding hydrogens is 279 g/mol. The van der Waals surface area contributed by atoms with Crippen molar-refractivity contribution in [2.24, 2.45) is 5.73 Å². The van der Waals surface area contributed by atoms with Gasteiger partial charge in [0.15, 0.2) is 11.6 Å². The number of nitrogens with two attached hydrogens (primary N) is 1. The molecule has 0 aliphatic rings. The first-order valence-corrected chi connectivity index (χ1v) is 4.05. The summed E-state index contributed by atoms with van der Waals surface area (Å²) in [5.74, 6) is -2.78. The zero-order valence-electron chi connectivity index (χ0n) is 5.77. The average molecular weight is 283 g/mol. The third kappa shape index (κ3) is 1.55. The fourth-order valence-corrected chi connectivity index (χ4v) is 1.42. The van der Waals surface area contributed by atoms with Gasteiger partial charge < -0.3 is 5.73 Å². The summed E-state index contributed by atoms with van der Waals surface area (Å²) in [5, 5.41) is 0. The van der Waals surface area contributed by atoms with Crippen LogP contribution in [-0.4, -0.2) is 5.91 Å². The Morgan fingerprint density at radius 2 is 2.00 bits per heavy atom. The third-order valence-electron chi connectivity index (χ3n) is 1.30. The number of primary amides is 1. The summed E-state index contributed by atoms with van der Waals surface area (Å²) in [5.41, 5.74) is 4.90. The van der Waals surface area contributed by atoms with Crippen LogP contribution >= 0.6 is 22.6 Å². The van der Waals surface area contributed by atoms with Gasteiger partial charge in [0.25, 0.3) is 0 Å². The monoisotopic (exact) mass is 283 g/mol. The number of benzene rings is 1. The Bertz CT molecular complexity index is 340. The maximum atomic E-state index is 12.8. The smallest absolute Gasteiger partial charge is 0.249 e. The predicted molar refractivity (Wildman–Crippen MR) is 47.6 cm³/mol. The van der Waals surface area contributed by atoms with Crippen LogP contribution in [0.5, 0.6) is 0 Å². The number of amides is 1. The van der Waals surface area contributed by atoms with E-state index in [2.05, 4.69) is 0 Å². The molecule has 5 heteroatoms. The lowest BCUT2D eigenvalue weighted by Gasteiger charge is -2.00. The van der Waals surface area contributed by atoms with Gasteiger partial charge in [0.05, 0.1) is 9.13 Å². The Kier molecular flexibility index (Phi) is 2.61. The molecule has 12 heavy (non-hydrogen) atoms. The molecule has 0 spiro atoms. The van der Waals surface area contributed by atoms with E-state index in [1.54, 1.807) is 0 Å². The Balaban J connectivity index is 3.36. The molecular formula is C7H4F2INO. The molecule has 0 heterocycles. The highest BCUT2D eigenvalue weighted by Gasteiger charge is 2.13. The van der Waals surface area contributed by atoms with Gasteiger partial charge >= 0.3 is 0 Å². The van der Waals surface area contributed by atoms with Gasteiger partial charge in [-0.2, -0.15) is 0 Å². The summed E-state index contributed by atoms with van der Waals surface area (Å²) in [7, 11) is 0. The minimum Gasteiger partial charge on any atom is -0.366 e. The van der Waals surface area contributed by atoms with Gasteiger partial charge in [0.1, 0.15) is 0 Å². The van der Waals surface area contributed by atoms with Crippen molar-refractivity contribution in [3.63, 3.8) is 0 Å². The number of carbonyl (C=O) groups excluding carboxylic acids is 1. The zero-order valence-corrected chi connectivity index (χ0v) is 7.93. The topological polar surface area (TPSA) is 43.1 Å². The lowest BCUT2D eigenvalue weighted by Crippen LogP contribution is -2.14. The van der Waals surface area contributed by atoms with Crippen molar-refractivity contribution < 1.29 is 13.6 Å². The van der Waals surface area contributed by atoms with E-state index >= 15 is 0 Å². The van der Waals surface area contributed by atoms with Crippen molar-refractivity contribution in [3.8, 4) is 0 Å². The molecule has 1 aromatic rings. The van der Waals surface area contributed by atoms with E-state index in [0.717, 1.165) is 12.1 Å². The molecule has 0 aliphatic heterocycles. The van der Waals surface area contributed by atoms with Gasteiger partial charge in [-0.25, -0.2) is 8.78 Å². The van der Waals surface area contributed by atoms with E-state index in [-0.39, 0.29) is 9.13 Å². The normalized spacial score (nSPS) is 9.92. The average Bonchev–Trinajstić information content (AvgIpc) is 2.00. The van der Waals surface area contributed by atoms with E-state index in [0.29, 0.717) is 0 Å². The number of carbonyl (C=O) groups is 1. The zero-order chi connectivity index (χ0) is 9.30. The Morgan fingerprint density at radius 1 is 1.42 bits per heavy atom.